The number of nitrogens with two attached hydrogens (primary N) is 1. The lowest BCUT2D eigenvalue weighted by Crippen LogP contribution is -2.57. The van der Waals surface area contributed by atoms with Crippen LogP contribution >= 0.6 is 11.8 Å². The summed E-state index contributed by atoms with van der Waals surface area (Å²) in [5.41, 5.74) is 4.46. The minimum Gasteiger partial charge on any atom is -0.394 e. The first-order chi connectivity index (χ1) is 13.7. The fraction of sp³-hybridized carbons (Fsp3) is 0.400. The van der Waals surface area contributed by atoms with Gasteiger partial charge in [-0.15, -0.1) is 0 Å². The minimum absolute atomic E-state index is 0.0119. The number of nitrogen functional groups attached to an aromatic ring is 1. The molecule has 1 aromatic heterocycles. The Morgan fingerprint density at radius 1 is 1.07 bits per heavy atom. The summed E-state index contributed by atoms with van der Waals surface area (Å²) in [5.74, 6) is -0.647. The highest BCUT2D eigenvalue weighted by atomic mass is 32.2. The molecule has 2 aromatic rings. The number of aliphatic hydroxyl groups is 4. The topological polar surface area (TPSA) is 201 Å². The van der Waals surface area contributed by atoms with Crippen molar-refractivity contribution in [1.29, 1.82) is 0 Å². The normalized spacial score (nSPS) is 27.5. The summed E-state index contributed by atoms with van der Waals surface area (Å²) in [6, 6.07) is 7.54. The molecule has 1 fully saturated rings. The van der Waals surface area contributed by atoms with Crippen molar-refractivity contribution in [1.82, 2.24) is 15.0 Å². The molecule has 158 valence electrons. The molecule has 5 atom stereocenters. The highest BCUT2D eigenvalue weighted by molar-refractivity contribution is 7.99. The first kappa shape index (κ1) is 21.6. The van der Waals surface area contributed by atoms with Crippen molar-refractivity contribution in [3.63, 3.8) is 0 Å². The lowest BCUT2D eigenvalue weighted by atomic mass is 10.0. The number of aromatic nitrogens is 3. The predicted octanol–water partition coefficient (Wildman–Crippen LogP) is -1.85. The monoisotopic (exact) mass is 445 g/mol. The Morgan fingerprint density at radius 3 is 2.41 bits per heavy atom. The van der Waals surface area contributed by atoms with Crippen LogP contribution < -0.4 is 10.5 Å². The summed E-state index contributed by atoms with van der Waals surface area (Å²) < 4.78 is 32.4. The molecule has 14 heteroatoms. The SMILES string of the molecule is Nc1nc(NS(=O)(=O)c2ccccc2)nc(SC2OC(CO)C(O)C(O)C2O)n1. The number of thioether (sulfide) groups is 1. The minimum atomic E-state index is -3.97. The van der Waals surface area contributed by atoms with Crippen LogP contribution in [0, 0.1) is 0 Å². The Hall–Kier alpha value is -2.07. The molecule has 0 aliphatic carbocycles. The summed E-state index contributed by atoms with van der Waals surface area (Å²) in [6.45, 7) is -0.594. The molecule has 12 nitrogen and oxygen atoms in total. The van der Waals surface area contributed by atoms with E-state index >= 15 is 0 Å². The van der Waals surface area contributed by atoms with Gasteiger partial charge in [-0.3, -0.25) is 0 Å². The van der Waals surface area contributed by atoms with Crippen LogP contribution in [0.15, 0.2) is 40.4 Å². The van der Waals surface area contributed by atoms with Gasteiger partial charge < -0.3 is 30.9 Å². The Morgan fingerprint density at radius 2 is 1.76 bits per heavy atom. The number of nitrogens with one attached hydrogen (secondary N) is 1. The Labute approximate surface area is 169 Å². The van der Waals surface area contributed by atoms with Crippen LogP contribution in [0.2, 0.25) is 0 Å². The summed E-state index contributed by atoms with van der Waals surface area (Å²) in [5, 5.41) is 38.9. The summed E-state index contributed by atoms with van der Waals surface area (Å²) in [6.07, 6.45) is -5.72. The molecule has 1 aliphatic heterocycles. The van der Waals surface area contributed by atoms with Crippen molar-refractivity contribution in [3.05, 3.63) is 30.3 Å². The van der Waals surface area contributed by atoms with Crippen molar-refractivity contribution in [2.24, 2.45) is 0 Å². The average molecular weight is 445 g/mol. The molecule has 0 spiro atoms. The van der Waals surface area contributed by atoms with Crippen LogP contribution in [0.5, 0.6) is 0 Å². The van der Waals surface area contributed by atoms with Gasteiger partial charge in [-0.05, 0) is 12.1 Å². The van der Waals surface area contributed by atoms with E-state index in [9.17, 15) is 28.8 Å². The van der Waals surface area contributed by atoms with E-state index < -0.39 is 46.5 Å². The van der Waals surface area contributed by atoms with Crippen molar-refractivity contribution < 1.29 is 33.6 Å². The molecule has 29 heavy (non-hydrogen) atoms. The van der Waals surface area contributed by atoms with Gasteiger partial charge in [0, 0.05) is 0 Å². The van der Waals surface area contributed by atoms with Gasteiger partial charge in [0.2, 0.25) is 11.9 Å². The number of ether oxygens (including phenoxy) is 1. The second kappa shape index (κ2) is 8.74. The van der Waals surface area contributed by atoms with E-state index in [1.54, 1.807) is 18.2 Å². The van der Waals surface area contributed by atoms with Gasteiger partial charge in [-0.1, -0.05) is 30.0 Å². The number of nitrogens with zero attached hydrogens (tertiary/aromatic N) is 3. The first-order valence-corrected chi connectivity index (χ1v) is 10.6. The number of anilines is 2. The van der Waals surface area contributed by atoms with E-state index in [0.29, 0.717) is 11.8 Å². The second-order valence-corrected chi connectivity index (χ2v) is 8.78. The average Bonchev–Trinajstić information content (AvgIpc) is 2.68. The van der Waals surface area contributed by atoms with E-state index in [1.165, 1.54) is 12.1 Å². The standard InChI is InChI=1S/C15H19N5O7S2/c16-13-17-14(20-29(25,26)7-4-2-1-3-5-7)19-15(18-13)28-12-11(24)10(23)9(22)8(6-21)27-12/h1-5,8-12,21-24H,6H2,(H3,16,17,18,19,20). The van der Waals surface area contributed by atoms with Crippen LogP contribution in [-0.4, -0.2) is 80.3 Å². The molecule has 0 amide bonds. The van der Waals surface area contributed by atoms with Crippen molar-refractivity contribution in [2.45, 2.75) is 39.9 Å². The fourth-order valence-electron chi connectivity index (χ4n) is 2.52. The maximum Gasteiger partial charge on any atom is 0.264 e. The van der Waals surface area contributed by atoms with Gasteiger partial charge in [-0.2, -0.15) is 15.0 Å². The number of rotatable bonds is 6. The molecule has 1 aromatic carbocycles. The zero-order chi connectivity index (χ0) is 21.2. The largest absolute Gasteiger partial charge is 0.394 e. The first-order valence-electron chi connectivity index (χ1n) is 8.28. The zero-order valence-electron chi connectivity index (χ0n) is 14.7. The second-order valence-electron chi connectivity index (χ2n) is 6.03. The van der Waals surface area contributed by atoms with E-state index in [0.717, 1.165) is 0 Å². The molecule has 1 aliphatic rings. The maximum atomic E-state index is 12.4. The van der Waals surface area contributed by atoms with Gasteiger partial charge in [0.25, 0.3) is 10.0 Å². The number of aliphatic hydroxyl groups excluding tert-OH is 4. The molecule has 0 saturated carbocycles. The molecule has 0 radical (unpaired) electrons. The summed E-state index contributed by atoms with van der Waals surface area (Å²) >= 11 is 0.716. The predicted molar refractivity (Wildman–Crippen MR) is 101 cm³/mol. The maximum absolute atomic E-state index is 12.4. The van der Waals surface area contributed by atoms with Gasteiger partial charge in [0.1, 0.15) is 29.9 Å². The third kappa shape index (κ3) is 4.92. The number of benzene rings is 1. The van der Waals surface area contributed by atoms with Crippen LogP contribution in [0.25, 0.3) is 0 Å². The molecule has 7 N–H and O–H groups in total. The molecular weight excluding hydrogens is 426 g/mol. The zero-order valence-corrected chi connectivity index (χ0v) is 16.4. The lowest BCUT2D eigenvalue weighted by molar-refractivity contribution is -0.205. The highest BCUT2D eigenvalue weighted by Gasteiger charge is 2.44. The summed E-state index contributed by atoms with van der Waals surface area (Å²) in [4.78, 5) is 11.5. The van der Waals surface area contributed by atoms with Gasteiger partial charge >= 0.3 is 0 Å². The van der Waals surface area contributed by atoms with Gasteiger partial charge in [0.15, 0.2) is 5.16 Å². The molecule has 2 heterocycles. The molecule has 3 rings (SSSR count). The molecule has 0 bridgehead atoms. The molecule has 1 saturated heterocycles. The Kier molecular flexibility index (Phi) is 6.52. The number of hydrogen-bond donors (Lipinski definition) is 6. The van der Waals surface area contributed by atoms with E-state index in [4.69, 9.17) is 10.5 Å². The molecule has 5 unspecified atom stereocenters. The smallest absolute Gasteiger partial charge is 0.264 e. The van der Waals surface area contributed by atoms with E-state index in [-0.39, 0.29) is 21.9 Å². The van der Waals surface area contributed by atoms with Gasteiger partial charge in [-0.25, -0.2) is 13.1 Å². The molecular formula is C15H19N5O7S2. The van der Waals surface area contributed by atoms with E-state index in [1.807, 2.05) is 0 Å². The number of sulfonamides is 1. The van der Waals surface area contributed by atoms with Crippen LogP contribution in [0.3, 0.4) is 0 Å². The van der Waals surface area contributed by atoms with Crippen molar-refractivity contribution in [3.8, 4) is 0 Å². The third-order valence-electron chi connectivity index (χ3n) is 3.98. The van der Waals surface area contributed by atoms with Crippen LogP contribution in [0.1, 0.15) is 0 Å². The van der Waals surface area contributed by atoms with Crippen LogP contribution in [-0.2, 0) is 14.8 Å². The Bertz CT molecular complexity index is 947. The van der Waals surface area contributed by atoms with Crippen molar-refractivity contribution >= 4 is 33.7 Å². The van der Waals surface area contributed by atoms with Gasteiger partial charge in [0.05, 0.1) is 11.5 Å². The van der Waals surface area contributed by atoms with Crippen LogP contribution in [0.4, 0.5) is 11.9 Å². The van der Waals surface area contributed by atoms with Crippen molar-refractivity contribution in [2.75, 3.05) is 17.1 Å². The van der Waals surface area contributed by atoms with E-state index in [2.05, 4.69) is 19.7 Å². The number of hydrogen-bond acceptors (Lipinski definition) is 12. The Balaban J connectivity index is 1.81. The lowest BCUT2D eigenvalue weighted by Gasteiger charge is -2.39. The fourth-order valence-corrected chi connectivity index (χ4v) is 4.47. The quantitative estimate of drug-likeness (QED) is 0.290. The highest BCUT2D eigenvalue weighted by Crippen LogP contribution is 2.32. The third-order valence-corrected chi connectivity index (χ3v) is 6.34. The summed E-state index contributed by atoms with van der Waals surface area (Å²) in [7, 11) is -3.97.